The number of hydrogen-bond donors (Lipinski definition) is 2. The third-order valence-electron chi connectivity index (χ3n) is 3.47. The van der Waals surface area contributed by atoms with E-state index in [0.29, 0.717) is 29.5 Å². The van der Waals surface area contributed by atoms with Crippen LogP contribution in [-0.2, 0) is 4.74 Å². The normalized spacial score (nSPS) is 10.3. The van der Waals surface area contributed by atoms with Crippen LogP contribution in [0.4, 0.5) is 11.6 Å². The average molecular weight is 335 g/mol. The molecule has 0 spiro atoms. The number of esters is 1. The molecule has 0 aliphatic rings. The number of benzene rings is 2. The van der Waals surface area contributed by atoms with Gasteiger partial charge in [-0.25, -0.2) is 9.78 Å². The summed E-state index contributed by atoms with van der Waals surface area (Å²) in [7, 11) is 0. The first-order valence-electron chi connectivity index (χ1n) is 7.86. The first kappa shape index (κ1) is 16.4. The van der Waals surface area contributed by atoms with Crippen LogP contribution < -0.4 is 10.9 Å². The Morgan fingerprint density at radius 1 is 1.12 bits per heavy atom. The Bertz CT molecular complexity index is 919. The lowest BCUT2D eigenvalue weighted by Crippen LogP contribution is -2.10. The van der Waals surface area contributed by atoms with E-state index in [1.165, 1.54) is 6.07 Å². The number of hydrogen-bond acceptors (Lipinski definition) is 5. The van der Waals surface area contributed by atoms with Crippen molar-refractivity contribution < 1.29 is 9.53 Å². The smallest absolute Gasteiger partial charge is 0.338 e. The zero-order chi connectivity index (χ0) is 17.6. The Morgan fingerprint density at radius 2 is 1.84 bits per heavy atom. The van der Waals surface area contributed by atoms with Crippen LogP contribution >= 0.6 is 0 Å². The van der Waals surface area contributed by atoms with Crippen LogP contribution in [0.3, 0.4) is 0 Å². The lowest BCUT2D eigenvalue weighted by Gasteiger charge is -2.08. The van der Waals surface area contributed by atoms with Gasteiger partial charge >= 0.3 is 5.97 Å². The van der Waals surface area contributed by atoms with E-state index in [0.717, 1.165) is 5.56 Å². The Hall–Kier alpha value is -3.41. The molecule has 0 radical (unpaired) electrons. The van der Waals surface area contributed by atoms with Gasteiger partial charge < -0.3 is 10.1 Å². The van der Waals surface area contributed by atoms with Crippen LogP contribution in [0.25, 0.3) is 11.3 Å². The van der Waals surface area contributed by atoms with Gasteiger partial charge in [0, 0.05) is 17.3 Å². The van der Waals surface area contributed by atoms with Crippen molar-refractivity contribution in [1.82, 2.24) is 9.97 Å². The van der Waals surface area contributed by atoms with E-state index in [1.807, 2.05) is 30.3 Å². The summed E-state index contributed by atoms with van der Waals surface area (Å²) in [6.07, 6.45) is 0. The van der Waals surface area contributed by atoms with Gasteiger partial charge in [0.25, 0.3) is 5.56 Å². The van der Waals surface area contributed by atoms with E-state index in [9.17, 15) is 9.59 Å². The number of nitrogens with one attached hydrogen (secondary N) is 2. The molecule has 0 saturated carbocycles. The van der Waals surface area contributed by atoms with Crippen LogP contribution in [0.5, 0.6) is 0 Å². The molecule has 0 atom stereocenters. The molecular formula is C19H17N3O3. The van der Waals surface area contributed by atoms with Crippen LogP contribution in [0.2, 0.25) is 0 Å². The first-order valence-corrected chi connectivity index (χ1v) is 7.86. The van der Waals surface area contributed by atoms with Crippen molar-refractivity contribution in [2.75, 3.05) is 11.9 Å². The molecule has 0 aliphatic heterocycles. The Labute approximate surface area is 144 Å². The second kappa shape index (κ2) is 7.44. The fraction of sp³-hybridized carbons (Fsp3) is 0.105. The molecule has 3 aromatic rings. The number of rotatable bonds is 5. The molecule has 2 N–H and O–H groups in total. The highest BCUT2D eigenvalue weighted by molar-refractivity contribution is 5.89. The molecule has 0 aliphatic carbocycles. The summed E-state index contributed by atoms with van der Waals surface area (Å²) in [5.74, 6) is -0.0399. The highest BCUT2D eigenvalue weighted by Gasteiger charge is 2.07. The molecule has 2 aromatic carbocycles. The van der Waals surface area contributed by atoms with Gasteiger partial charge in [-0.2, -0.15) is 0 Å². The number of nitrogens with zero attached hydrogens (tertiary/aromatic N) is 1. The summed E-state index contributed by atoms with van der Waals surface area (Å²) in [4.78, 5) is 30.6. The van der Waals surface area contributed by atoms with E-state index in [1.54, 1.807) is 31.2 Å². The maximum absolute atomic E-state index is 11.9. The summed E-state index contributed by atoms with van der Waals surface area (Å²) >= 11 is 0. The van der Waals surface area contributed by atoms with Crippen molar-refractivity contribution in [3.05, 3.63) is 76.6 Å². The second-order valence-corrected chi connectivity index (χ2v) is 5.27. The highest BCUT2D eigenvalue weighted by Crippen LogP contribution is 2.18. The van der Waals surface area contributed by atoms with E-state index in [-0.39, 0.29) is 11.5 Å². The summed E-state index contributed by atoms with van der Waals surface area (Å²) in [6.45, 7) is 2.09. The minimum absolute atomic E-state index is 0.250. The Kier molecular flexibility index (Phi) is 4.89. The summed E-state index contributed by atoms with van der Waals surface area (Å²) in [6, 6.07) is 17.7. The number of ether oxygens (including phenoxy) is 1. The number of anilines is 2. The largest absolute Gasteiger partial charge is 0.462 e. The molecule has 126 valence electrons. The molecule has 0 fully saturated rings. The van der Waals surface area contributed by atoms with Gasteiger partial charge in [0.15, 0.2) is 0 Å². The summed E-state index contributed by atoms with van der Waals surface area (Å²) in [5, 5.41) is 3.03. The molecule has 0 bridgehead atoms. The highest BCUT2D eigenvalue weighted by atomic mass is 16.5. The molecule has 6 nitrogen and oxygen atoms in total. The Morgan fingerprint density at radius 3 is 2.52 bits per heavy atom. The number of carbonyl (C=O) groups is 1. The van der Waals surface area contributed by atoms with Gasteiger partial charge in [-0.3, -0.25) is 9.78 Å². The van der Waals surface area contributed by atoms with Gasteiger partial charge in [-0.05, 0) is 31.2 Å². The maximum atomic E-state index is 11.9. The van der Waals surface area contributed by atoms with Crippen LogP contribution in [0.15, 0.2) is 65.5 Å². The van der Waals surface area contributed by atoms with Crippen molar-refractivity contribution in [1.29, 1.82) is 0 Å². The number of aromatic nitrogens is 2. The molecule has 3 rings (SSSR count). The molecule has 6 heteroatoms. The third kappa shape index (κ3) is 4.11. The number of carbonyl (C=O) groups excluding carboxylic acids is 1. The monoisotopic (exact) mass is 335 g/mol. The average Bonchev–Trinajstić information content (AvgIpc) is 2.63. The quantitative estimate of drug-likeness (QED) is 0.699. The van der Waals surface area contributed by atoms with Crippen molar-refractivity contribution in [3.63, 3.8) is 0 Å². The molecule has 1 aromatic heterocycles. The molecule has 1 heterocycles. The lowest BCUT2D eigenvalue weighted by molar-refractivity contribution is 0.0526. The summed E-state index contributed by atoms with van der Waals surface area (Å²) in [5.41, 5.74) is 2.34. The van der Waals surface area contributed by atoms with E-state index in [2.05, 4.69) is 15.3 Å². The molecule has 0 saturated heterocycles. The van der Waals surface area contributed by atoms with Crippen molar-refractivity contribution in [3.8, 4) is 11.3 Å². The minimum atomic E-state index is -0.369. The first-order chi connectivity index (χ1) is 12.2. The molecule has 25 heavy (non-hydrogen) atoms. The fourth-order valence-electron chi connectivity index (χ4n) is 2.31. The SMILES string of the molecule is CCOC(=O)c1ccc(Nc2nc(-c3ccccc3)cc(=O)[nH]2)cc1. The molecule has 0 amide bonds. The number of aromatic amines is 1. The van der Waals surface area contributed by atoms with Crippen molar-refractivity contribution >= 4 is 17.6 Å². The van der Waals surface area contributed by atoms with E-state index in [4.69, 9.17) is 4.74 Å². The third-order valence-corrected chi connectivity index (χ3v) is 3.47. The zero-order valence-electron chi connectivity index (χ0n) is 13.7. The maximum Gasteiger partial charge on any atom is 0.338 e. The van der Waals surface area contributed by atoms with Gasteiger partial charge in [-0.15, -0.1) is 0 Å². The number of H-pyrrole nitrogens is 1. The molecular weight excluding hydrogens is 318 g/mol. The van der Waals surface area contributed by atoms with Crippen LogP contribution in [0, 0.1) is 0 Å². The van der Waals surface area contributed by atoms with E-state index >= 15 is 0 Å². The van der Waals surface area contributed by atoms with Gasteiger partial charge in [0.05, 0.1) is 17.9 Å². The fourth-order valence-corrected chi connectivity index (χ4v) is 2.31. The topological polar surface area (TPSA) is 84.1 Å². The van der Waals surface area contributed by atoms with Gasteiger partial charge in [0.1, 0.15) is 0 Å². The zero-order valence-corrected chi connectivity index (χ0v) is 13.7. The predicted molar refractivity (Wildman–Crippen MR) is 96.0 cm³/mol. The lowest BCUT2D eigenvalue weighted by atomic mass is 10.1. The molecule has 0 unspecified atom stereocenters. The van der Waals surface area contributed by atoms with Crippen LogP contribution in [0.1, 0.15) is 17.3 Å². The standard InChI is InChI=1S/C19H17N3O3/c1-2-25-18(24)14-8-10-15(11-9-14)20-19-21-16(12-17(23)22-19)13-6-4-3-5-7-13/h3-12H,2H2,1H3,(H2,20,21,22,23). The van der Waals surface area contributed by atoms with Crippen molar-refractivity contribution in [2.24, 2.45) is 0 Å². The van der Waals surface area contributed by atoms with Gasteiger partial charge in [-0.1, -0.05) is 30.3 Å². The van der Waals surface area contributed by atoms with Gasteiger partial charge in [0.2, 0.25) is 5.95 Å². The van der Waals surface area contributed by atoms with Crippen LogP contribution in [-0.4, -0.2) is 22.5 Å². The Balaban J connectivity index is 1.82. The minimum Gasteiger partial charge on any atom is -0.462 e. The predicted octanol–water partition coefficient (Wildman–Crippen LogP) is 3.36. The van der Waals surface area contributed by atoms with Crippen molar-refractivity contribution in [2.45, 2.75) is 6.92 Å². The second-order valence-electron chi connectivity index (χ2n) is 5.27. The van der Waals surface area contributed by atoms with E-state index < -0.39 is 0 Å². The summed E-state index contributed by atoms with van der Waals surface area (Å²) < 4.78 is 4.95.